The van der Waals surface area contributed by atoms with E-state index in [0.29, 0.717) is 26.5 Å². The first kappa shape index (κ1) is 16.2. The van der Waals surface area contributed by atoms with Gasteiger partial charge in [0.1, 0.15) is 0 Å². The van der Waals surface area contributed by atoms with Gasteiger partial charge >= 0.3 is 6.09 Å². The lowest BCUT2D eigenvalue weighted by Gasteiger charge is -2.10. The van der Waals surface area contributed by atoms with E-state index < -0.39 is 6.09 Å². The molecule has 3 rings (SSSR count). The molecule has 0 saturated heterocycles. The minimum absolute atomic E-state index is 0.136. The van der Waals surface area contributed by atoms with Gasteiger partial charge in [-0.2, -0.15) is 0 Å². The average molecular weight is 362 g/mol. The Morgan fingerprint density at radius 2 is 2.08 bits per heavy atom. The number of para-hydroxylation sites is 1. The molecule has 2 aromatic carbocycles. The molecule has 0 aliphatic rings. The summed E-state index contributed by atoms with van der Waals surface area (Å²) in [5, 5.41) is 3.41. The van der Waals surface area contributed by atoms with Crippen LogP contribution >= 0.6 is 22.9 Å². The van der Waals surface area contributed by atoms with Gasteiger partial charge in [-0.15, -0.1) is 0 Å². The summed E-state index contributed by atoms with van der Waals surface area (Å²) in [6.07, 6.45) is -0.929. The molecule has 0 spiro atoms. The molecule has 6 nitrogen and oxygen atoms in total. The summed E-state index contributed by atoms with van der Waals surface area (Å²) < 4.78 is 5.46. The lowest BCUT2D eigenvalue weighted by molar-refractivity contribution is 0.102. The highest BCUT2D eigenvalue weighted by atomic mass is 35.5. The quantitative estimate of drug-likeness (QED) is 0.738. The zero-order valence-corrected chi connectivity index (χ0v) is 14.1. The van der Waals surface area contributed by atoms with Gasteiger partial charge in [-0.25, -0.2) is 9.78 Å². The van der Waals surface area contributed by atoms with E-state index >= 15 is 0 Å². The molecule has 122 valence electrons. The van der Waals surface area contributed by atoms with E-state index in [-0.39, 0.29) is 11.1 Å². The van der Waals surface area contributed by atoms with Crippen molar-refractivity contribution in [1.82, 2.24) is 4.98 Å². The monoisotopic (exact) mass is 361 g/mol. The van der Waals surface area contributed by atoms with Gasteiger partial charge in [0.05, 0.1) is 20.9 Å². The predicted molar refractivity (Wildman–Crippen MR) is 94.0 cm³/mol. The number of aromatic nitrogens is 1. The molecule has 1 heterocycles. The number of rotatable bonds is 3. The number of thiazole rings is 1. The van der Waals surface area contributed by atoms with Crippen molar-refractivity contribution < 1.29 is 14.3 Å². The van der Waals surface area contributed by atoms with Crippen LogP contribution in [0.4, 0.5) is 10.5 Å². The zero-order valence-electron chi connectivity index (χ0n) is 12.5. The van der Waals surface area contributed by atoms with Gasteiger partial charge in [-0.1, -0.05) is 35.1 Å². The second kappa shape index (κ2) is 6.46. The van der Waals surface area contributed by atoms with Crippen molar-refractivity contribution in [3.8, 4) is 5.19 Å². The van der Waals surface area contributed by atoms with Crippen LogP contribution in [-0.2, 0) is 0 Å². The highest BCUT2D eigenvalue weighted by Crippen LogP contribution is 2.30. The maximum atomic E-state index is 12.5. The predicted octanol–water partition coefficient (Wildman–Crippen LogP) is 3.97. The number of carbonyl (C=O) groups is 2. The molecule has 0 bridgehead atoms. The summed E-state index contributed by atoms with van der Waals surface area (Å²) in [6.45, 7) is 1.86. The molecule has 0 atom stereocenters. The number of ether oxygens (including phenoxy) is 1. The molecule has 0 fully saturated rings. The van der Waals surface area contributed by atoms with E-state index in [1.54, 1.807) is 24.3 Å². The van der Waals surface area contributed by atoms with Gasteiger partial charge in [-0.05, 0) is 36.8 Å². The number of nitrogens with two attached hydrogens (primary N) is 1. The van der Waals surface area contributed by atoms with Crippen LogP contribution in [0.2, 0.25) is 5.02 Å². The van der Waals surface area contributed by atoms with Crippen molar-refractivity contribution in [2.24, 2.45) is 5.73 Å². The molecule has 0 aliphatic carbocycles. The smallest absolute Gasteiger partial charge is 0.381 e. The number of amides is 2. The summed E-state index contributed by atoms with van der Waals surface area (Å²) in [7, 11) is 0. The lowest BCUT2D eigenvalue weighted by Crippen LogP contribution is -2.15. The Kier molecular flexibility index (Phi) is 4.37. The first-order chi connectivity index (χ1) is 11.4. The Balaban J connectivity index is 1.88. The van der Waals surface area contributed by atoms with Gasteiger partial charge in [-0.3, -0.25) is 4.79 Å². The lowest BCUT2D eigenvalue weighted by atomic mass is 10.1. The fourth-order valence-corrected chi connectivity index (χ4v) is 3.28. The Morgan fingerprint density at radius 1 is 1.29 bits per heavy atom. The van der Waals surface area contributed by atoms with Crippen molar-refractivity contribution in [2.75, 3.05) is 5.32 Å². The highest BCUT2D eigenvalue weighted by Gasteiger charge is 2.13. The van der Waals surface area contributed by atoms with Crippen LogP contribution in [0.3, 0.4) is 0 Å². The number of carbonyl (C=O) groups excluding carboxylic acids is 2. The van der Waals surface area contributed by atoms with Gasteiger partial charge in [0.15, 0.2) is 0 Å². The van der Waals surface area contributed by atoms with Crippen LogP contribution < -0.4 is 15.8 Å². The van der Waals surface area contributed by atoms with Crippen molar-refractivity contribution >= 4 is 50.8 Å². The first-order valence-corrected chi connectivity index (χ1v) is 8.08. The average Bonchev–Trinajstić information content (AvgIpc) is 2.91. The van der Waals surface area contributed by atoms with E-state index in [0.717, 1.165) is 16.9 Å². The van der Waals surface area contributed by atoms with Crippen LogP contribution in [0.5, 0.6) is 5.19 Å². The SMILES string of the molecule is Cc1cccc(Cl)c1NC(=O)c1ccc2nc(OC(N)=O)sc2c1. The second-order valence-electron chi connectivity index (χ2n) is 4.97. The van der Waals surface area contributed by atoms with E-state index in [9.17, 15) is 9.59 Å². The summed E-state index contributed by atoms with van der Waals surface area (Å²) in [4.78, 5) is 27.3. The summed E-state index contributed by atoms with van der Waals surface area (Å²) in [6, 6.07) is 10.4. The third-order valence-electron chi connectivity index (χ3n) is 3.28. The highest BCUT2D eigenvalue weighted by molar-refractivity contribution is 7.20. The number of primary amides is 1. The molecule has 24 heavy (non-hydrogen) atoms. The largest absolute Gasteiger partial charge is 0.411 e. The van der Waals surface area contributed by atoms with Crippen LogP contribution in [0, 0.1) is 6.92 Å². The number of hydrogen-bond acceptors (Lipinski definition) is 5. The number of benzene rings is 2. The molecule has 0 unspecified atom stereocenters. The second-order valence-corrected chi connectivity index (χ2v) is 6.37. The zero-order chi connectivity index (χ0) is 17.3. The van der Waals surface area contributed by atoms with Crippen LogP contribution in [0.25, 0.3) is 10.2 Å². The number of aryl methyl sites for hydroxylation is 1. The van der Waals surface area contributed by atoms with E-state index in [1.165, 1.54) is 0 Å². The number of anilines is 1. The van der Waals surface area contributed by atoms with Crippen molar-refractivity contribution in [2.45, 2.75) is 6.92 Å². The number of fused-ring (bicyclic) bond motifs is 1. The fourth-order valence-electron chi connectivity index (χ4n) is 2.15. The molecule has 0 saturated carbocycles. The Labute approximate surface area is 146 Å². The maximum absolute atomic E-state index is 12.5. The number of nitrogens with one attached hydrogen (secondary N) is 1. The van der Waals surface area contributed by atoms with Gasteiger partial charge in [0, 0.05) is 5.56 Å². The minimum Gasteiger partial charge on any atom is -0.381 e. The van der Waals surface area contributed by atoms with Crippen LogP contribution in [0.15, 0.2) is 36.4 Å². The van der Waals surface area contributed by atoms with Gasteiger partial charge in [0.25, 0.3) is 11.1 Å². The molecule has 1 aromatic heterocycles. The van der Waals surface area contributed by atoms with Gasteiger partial charge < -0.3 is 15.8 Å². The molecule has 0 radical (unpaired) electrons. The molecular weight excluding hydrogens is 350 g/mol. The van der Waals surface area contributed by atoms with Crippen molar-refractivity contribution in [3.63, 3.8) is 0 Å². The normalized spacial score (nSPS) is 10.6. The van der Waals surface area contributed by atoms with E-state index in [1.807, 2.05) is 19.1 Å². The minimum atomic E-state index is -0.929. The van der Waals surface area contributed by atoms with Crippen molar-refractivity contribution in [1.29, 1.82) is 0 Å². The molecule has 2 amide bonds. The van der Waals surface area contributed by atoms with Crippen LogP contribution in [-0.4, -0.2) is 17.0 Å². The summed E-state index contributed by atoms with van der Waals surface area (Å²) >= 11 is 7.25. The number of nitrogens with zero attached hydrogens (tertiary/aromatic N) is 1. The summed E-state index contributed by atoms with van der Waals surface area (Å²) in [5.41, 5.74) is 7.46. The third kappa shape index (κ3) is 3.32. The maximum Gasteiger partial charge on any atom is 0.411 e. The molecule has 8 heteroatoms. The third-order valence-corrected chi connectivity index (χ3v) is 4.49. The number of halogens is 1. The Morgan fingerprint density at radius 3 is 2.79 bits per heavy atom. The van der Waals surface area contributed by atoms with Crippen LogP contribution in [0.1, 0.15) is 15.9 Å². The Bertz CT molecular complexity index is 935. The standard InChI is InChI=1S/C16H12ClN3O3S/c1-8-3-2-4-10(17)13(8)20-14(21)9-5-6-11-12(7-9)24-16(19-11)23-15(18)22/h2-7H,1H3,(H2,18,22)(H,20,21). The summed E-state index contributed by atoms with van der Waals surface area (Å²) in [5.74, 6) is -0.293. The molecule has 3 N–H and O–H groups in total. The molecule has 0 aliphatic heterocycles. The molecular formula is C16H12ClN3O3S. The van der Waals surface area contributed by atoms with E-state index in [4.69, 9.17) is 22.1 Å². The fraction of sp³-hybridized carbons (Fsp3) is 0.0625. The molecule has 3 aromatic rings. The Hall–Kier alpha value is -2.64. The topological polar surface area (TPSA) is 94.3 Å². The first-order valence-electron chi connectivity index (χ1n) is 6.88. The van der Waals surface area contributed by atoms with Crippen molar-refractivity contribution in [3.05, 3.63) is 52.5 Å². The van der Waals surface area contributed by atoms with Gasteiger partial charge in [0.2, 0.25) is 0 Å². The number of hydrogen-bond donors (Lipinski definition) is 2. The van der Waals surface area contributed by atoms with E-state index in [2.05, 4.69) is 10.3 Å².